The fourth-order valence-corrected chi connectivity index (χ4v) is 4.76. The van der Waals surface area contributed by atoms with Gasteiger partial charge in [0.1, 0.15) is 0 Å². The van der Waals surface area contributed by atoms with Crippen molar-refractivity contribution in [2.45, 2.75) is 13.2 Å². The molecule has 35 heavy (non-hydrogen) atoms. The van der Waals surface area contributed by atoms with Crippen molar-refractivity contribution in [1.82, 2.24) is 25.3 Å². The van der Waals surface area contributed by atoms with E-state index in [0.29, 0.717) is 38.4 Å². The number of benzene rings is 2. The van der Waals surface area contributed by atoms with Gasteiger partial charge in [-0.05, 0) is 18.6 Å². The Morgan fingerprint density at radius 1 is 1.06 bits per heavy atom. The molecule has 0 aliphatic carbocycles. The first kappa shape index (κ1) is 23.4. The monoisotopic (exact) mass is 508 g/mol. The van der Waals surface area contributed by atoms with Crippen LogP contribution in [0.4, 0.5) is 22.7 Å². The highest BCUT2D eigenvalue weighted by molar-refractivity contribution is 7.15. The molecule has 2 aromatic heterocycles. The summed E-state index contributed by atoms with van der Waals surface area (Å²) in [5.41, 5.74) is 2.54. The number of thiazole rings is 1. The molecule has 4 aromatic rings. The Balaban J connectivity index is 1.39. The summed E-state index contributed by atoms with van der Waals surface area (Å²) in [5.74, 6) is 1.61. The Labute approximate surface area is 212 Å². The van der Waals surface area contributed by atoms with Gasteiger partial charge in [0.05, 0.1) is 15.6 Å². The lowest BCUT2D eigenvalue weighted by Crippen LogP contribution is -2.44. The van der Waals surface area contributed by atoms with Crippen LogP contribution in [0.1, 0.15) is 16.7 Å². The van der Waals surface area contributed by atoms with Crippen LogP contribution in [0.3, 0.4) is 0 Å². The number of anilines is 4. The predicted molar refractivity (Wildman–Crippen MR) is 141 cm³/mol. The number of halogens is 1. The van der Waals surface area contributed by atoms with Gasteiger partial charge >= 0.3 is 0 Å². The molecule has 3 heterocycles. The Kier molecular flexibility index (Phi) is 7.05. The number of aryl methyl sites for hydroxylation is 1. The fourth-order valence-electron chi connectivity index (χ4n) is 3.73. The SMILES string of the molecule is Cc1cccc(Cl)c1NC(O)c1cnc(Nc2nc(-c3ccccc3)nc(N3CCNCC3)n2)s1. The van der Waals surface area contributed by atoms with E-state index in [0.717, 1.165) is 37.3 Å². The first-order valence-corrected chi connectivity index (χ1v) is 12.5. The van der Waals surface area contributed by atoms with Crippen LogP contribution in [0.5, 0.6) is 0 Å². The van der Waals surface area contributed by atoms with E-state index in [1.165, 1.54) is 11.3 Å². The molecule has 2 aromatic carbocycles. The third kappa shape index (κ3) is 5.51. The highest BCUT2D eigenvalue weighted by atomic mass is 35.5. The van der Waals surface area contributed by atoms with Crippen molar-refractivity contribution in [3.8, 4) is 11.4 Å². The molecule has 1 atom stereocenters. The maximum Gasteiger partial charge on any atom is 0.234 e. The highest BCUT2D eigenvalue weighted by Crippen LogP contribution is 2.32. The number of nitrogens with zero attached hydrogens (tertiary/aromatic N) is 5. The van der Waals surface area contributed by atoms with Gasteiger partial charge in [0.2, 0.25) is 11.9 Å². The molecule has 0 bridgehead atoms. The lowest BCUT2D eigenvalue weighted by atomic mass is 10.2. The molecule has 0 radical (unpaired) electrons. The summed E-state index contributed by atoms with van der Waals surface area (Å²) in [6.45, 7) is 5.32. The molecule has 1 aliphatic rings. The van der Waals surface area contributed by atoms with Crippen molar-refractivity contribution < 1.29 is 5.11 Å². The van der Waals surface area contributed by atoms with Gasteiger partial charge in [-0.3, -0.25) is 5.32 Å². The van der Waals surface area contributed by atoms with Crippen LogP contribution < -0.4 is 20.9 Å². The lowest BCUT2D eigenvalue weighted by molar-refractivity contribution is 0.212. The molecular formula is C24H25ClN8OS. The minimum atomic E-state index is -0.962. The number of rotatable bonds is 7. The maximum absolute atomic E-state index is 10.7. The molecule has 1 aliphatic heterocycles. The molecule has 0 amide bonds. The molecule has 1 saturated heterocycles. The van der Waals surface area contributed by atoms with Crippen molar-refractivity contribution in [2.75, 3.05) is 41.7 Å². The van der Waals surface area contributed by atoms with Gasteiger partial charge < -0.3 is 20.6 Å². The van der Waals surface area contributed by atoms with Crippen LogP contribution in [0, 0.1) is 6.92 Å². The van der Waals surface area contributed by atoms with Gasteiger partial charge in [-0.15, -0.1) is 0 Å². The summed E-state index contributed by atoms with van der Waals surface area (Å²) in [6.07, 6.45) is 0.657. The summed E-state index contributed by atoms with van der Waals surface area (Å²) in [4.78, 5) is 21.2. The first-order valence-electron chi connectivity index (χ1n) is 11.3. The van der Waals surface area contributed by atoms with Crippen LogP contribution in [0.25, 0.3) is 11.4 Å². The molecule has 1 unspecified atom stereocenters. The van der Waals surface area contributed by atoms with Crippen molar-refractivity contribution in [2.24, 2.45) is 0 Å². The number of hydrogen-bond acceptors (Lipinski definition) is 10. The van der Waals surface area contributed by atoms with Gasteiger partial charge in [0.25, 0.3) is 0 Å². The Bertz CT molecular complexity index is 1280. The summed E-state index contributed by atoms with van der Waals surface area (Å²) in [7, 11) is 0. The maximum atomic E-state index is 10.7. The third-order valence-corrected chi connectivity index (χ3v) is 6.85. The van der Waals surface area contributed by atoms with Gasteiger partial charge in [0, 0.05) is 37.9 Å². The van der Waals surface area contributed by atoms with Crippen LogP contribution in [0.15, 0.2) is 54.7 Å². The average molecular weight is 509 g/mol. The van der Waals surface area contributed by atoms with Crippen LogP contribution in [-0.4, -0.2) is 51.2 Å². The number of aromatic nitrogens is 4. The van der Waals surface area contributed by atoms with Crippen LogP contribution >= 0.6 is 22.9 Å². The Morgan fingerprint density at radius 3 is 2.63 bits per heavy atom. The number of aliphatic hydroxyl groups is 1. The van der Waals surface area contributed by atoms with Crippen molar-refractivity contribution in [3.05, 3.63) is 70.2 Å². The summed E-state index contributed by atoms with van der Waals surface area (Å²) in [6, 6.07) is 15.4. The fraction of sp³-hybridized carbons (Fsp3) is 0.250. The van der Waals surface area contributed by atoms with E-state index in [1.54, 1.807) is 12.3 Å². The van der Waals surface area contributed by atoms with Gasteiger partial charge in [-0.1, -0.05) is 65.4 Å². The predicted octanol–water partition coefficient (Wildman–Crippen LogP) is 4.21. The summed E-state index contributed by atoms with van der Waals surface area (Å²) in [5, 5.41) is 21.4. The number of hydrogen-bond donors (Lipinski definition) is 4. The molecule has 4 N–H and O–H groups in total. The van der Waals surface area contributed by atoms with Crippen molar-refractivity contribution in [3.63, 3.8) is 0 Å². The number of piperazine rings is 1. The minimum Gasteiger partial charge on any atom is -0.369 e. The Hall–Kier alpha value is -3.31. The van der Waals surface area contributed by atoms with E-state index in [4.69, 9.17) is 16.6 Å². The first-order chi connectivity index (χ1) is 17.1. The van der Waals surface area contributed by atoms with Crippen molar-refractivity contribution >= 4 is 45.7 Å². The van der Waals surface area contributed by atoms with Gasteiger partial charge in [0.15, 0.2) is 17.2 Å². The van der Waals surface area contributed by atoms with Gasteiger partial charge in [-0.2, -0.15) is 15.0 Å². The number of aliphatic hydroxyl groups excluding tert-OH is 1. The number of nitrogens with one attached hydrogen (secondary N) is 3. The summed E-state index contributed by atoms with van der Waals surface area (Å²) < 4.78 is 0. The second-order valence-corrected chi connectivity index (χ2v) is 9.53. The molecule has 0 saturated carbocycles. The summed E-state index contributed by atoms with van der Waals surface area (Å²) >= 11 is 7.60. The normalized spacial score (nSPS) is 14.5. The third-order valence-electron chi connectivity index (χ3n) is 5.57. The quantitative estimate of drug-likeness (QED) is 0.273. The molecule has 5 rings (SSSR count). The van der Waals surface area contributed by atoms with E-state index < -0.39 is 6.23 Å². The molecule has 0 spiro atoms. The molecule has 1 fully saturated rings. The van der Waals surface area contributed by atoms with E-state index in [9.17, 15) is 5.11 Å². The zero-order chi connectivity index (χ0) is 24.2. The van der Waals surface area contributed by atoms with Crippen molar-refractivity contribution in [1.29, 1.82) is 0 Å². The van der Waals surface area contributed by atoms with E-state index >= 15 is 0 Å². The zero-order valence-electron chi connectivity index (χ0n) is 19.1. The zero-order valence-corrected chi connectivity index (χ0v) is 20.6. The van der Waals surface area contributed by atoms with E-state index in [2.05, 4.69) is 35.8 Å². The standard InChI is InChI=1S/C24H25ClN8OS/c1-15-6-5-9-17(25)19(15)28-21(34)18-14-27-24(35-18)32-22-29-20(16-7-3-2-4-8-16)30-23(31-22)33-12-10-26-11-13-33/h2-9,14,21,26,28,34H,10-13H2,1H3,(H,27,29,30,31,32). The number of para-hydroxylation sites is 1. The van der Waals surface area contributed by atoms with Crippen LogP contribution in [0.2, 0.25) is 5.02 Å². The second-order valence-electron chi connectivity index (χ2n) is 8.06. The van der Waals surface area contributed by atoms with E-state index in [-0.39, 0.29) is 0 Å². The largest absolute Gasteiger partial charge is 0.369 e. The minimum absolute atomic E-state index is 0.401. The van der Waals surface area contributed by atoms with Crippen LogP contribution in [-0.2, 0) is 0 Å². The second kappa shape index (κ2) is 10.5. The molecule has 11 heteroatoms. The highest BCUT2D eigenvalue weighted by Gasteiger charge is 2.19. The Morgan fingerprint density at radius 2 is 1.86 bits per heavy atom. The average Bonchev–Trinajstić information content (AvgIpc) is 3.36. The van der Waals surface area contributed by atoms with E-state index in [1.807, 2.05) is 49.4 Å². The molecule has 180 valence electrons. The lowest BCUT2D eigenvalue weighted by Gasteiger charge is -2.27. The topological polar surface area (TPSA) is 111 Å². The smallest absolute Gasteiger partial charge is 0.234 e. The molecular weight excluding hydrogens is 484 g/mol. The van der Waals surface area contributed by atoms with Gasteiger partial charge in [-0.25, -0.2) is 4.98 Å². The molecule has 9 nitrogen and oxygen atoms in total.